The lowest BCUT2D eigenvalue weighted by molar-refractivity contribution is -0.118. The molecule has 0 bridgehead atoms. The van der Waals surface area contributed by atoms with E-state index in [0.717, 1.165) is 16.9 Å². The standard InChI is InChI=1S/C12H16O2/c1-8-5-6-11(7-12(8)14-4)9(2)10(3)13/h5-7,9H,1-4H3/t9-/m1/s1. The van der Waals surface area contributed by atoms with Gasteiger partial charge in [0.25, 0.3) is 0 Å². The number of hydrogen-bond donors (Lipinski definition) is 0. The molecule has 0 saturated carbocycles. The Morgan fingerprint density at radius 3 is 2.57 bits per heavy atom. The van der Waals surface area contributed by atoms with E-state index >= 15 is 0 Å². The second kappa shape index (κ2) is 4.27. The normalized spacial score (nSPS) is 12.3. The van der Waals surface area contributed by atoms with Gasteiger partial charge in [-0.15, -0.1) is 0 Å². The molecule has 14 heavy (non-hydrogen) atoms. The van der Waals surface area contributed by atoms with Crippen LogP contribution in [0.15, 0.2) is 18.2 Å². The summed E-state index contributed by atoms with van der Waals surface area (Å²) in [5, 5.41) is 0. The van der Waals surface area contributed by atoms with Crippen LogP contribution in [0.2, 0.25) is 0 Å². The van der Waals surface area contributed by atoms with Crippen molar-refractivity contribution in [2.75, 3.05) is 7.11 Å². The van der Waals surface area contributed by atoms with Crippen molar-refractivity contribution < 1.29 is 9.53 Å². The molecule has 2 nitrogen and oxygen atoms in total. The Hall–Kier alpha value is -1.31. The van der Waals surface area contributed by atoms with Gasteiger partial charge >= 0.3 is 0 Å². The highest BCUT2D eigenvalue weighted by molar-refractivity contribution is 5.83. The molecule has 0 aliphatic rings. The molecule has 0 aromatic heterocycles. The minimum atomic E-state index is -0.0514. The fraction of sp³-hybridized carbons (Fsp3) is 0.417. The maximum Gasteiger partial charge on any atom is 0.136 e. The molecule has 0 radical (unpaired) electrons. The van der Waals surface area contributed by atoms with E-state index in [4.69, 9.17) is 4.74 Å². The predicted octanol–water partition coefficient (Wildman–Crippen LogP) is 2.70. The summed E-state index contributed by atoms with van der Waals surface area (Å²) in [7, 11) is 1.64. The second-order valence-electron chi connectivity index (χ2n) is 3.56. The summed E-state index contributed by atoms with van der Waals surface area (Å²) in [6, 6.07) is 5.89. The van der Waals surface area contributed by atoms with Crippen LogP contribution in [0.5, 0.6) is 5.75 Å². The van der Waals surface area contributed by atoms with Gasteiger partial charge in [-0.3, -0.25) is 4.79 Å². The third kappa shape index (κ3) is 2.13. The quantitative estimate of drug-likeness (QED) is 0.736. The van der Waals surface area contributed by atoms with Gasteiger partial charge < -0.3 is 4.74 Å². The van der Waals surface area contributed by atoms with Crippen molar-refractivity contribution in [3.05, 3.63) is 29.3 Å². The number of ketones is 1. The molecule has 1 aromatic rings. The lowest BCUT2D eigenvalue weighted by atomic mass is 9.96. The van der Waals surface area contributed by atoms with Crippen LogP contribution in [0, 0.1) is 6.92 Å². The number of rotatable bonds is 3. The zero-order valence-electron chi connectivity index (χ0n) is 9.13. The summed E-state index contributed by atoms with van der Waals surface area (Å²) < 4.78 is 5.20. The van der Waals surface area contributed by atoms with Gasteiger partial charge in [0, 0.05) is 5.92 Å². The van der Waals surface area contributed by atoms with E-state index in [1.54, 1.807) is 14.0 Å². The van der Waals surface area contributed by atoms with E-state index in [0.29, 0.717) is 0 Å². The average Bonchev–Trinajstić information content (AvgIpc) is 2.17. The van der Waals surface area contributed by atoms with E-state index in [-0.39, 0.29) is 11.7 Å². The van der Waals surface area contributed by atoms with Gasteiger partial charge in [-0.05, 0) is 31.0 Å². The summed E-state index contributed by atoms with van der Waals surface area (Å²) in [5.41, 5.74) is 2.10. The highest BCUT2D eigenvalue weighted by Gasteiger charge is 2.11. The molecular weight excluding hydrogens is 176 g/mol. The summed E-state index contributed by atoms with van der Waals surface area (Å²) in [6.07, 6.45) is 0. The molecule has 0 aliphatic heterocycles. The molecule has 1 aromatic carbocycles. The number of carbonyl (C=O) groups excluding carboxylic acids is 1. The molecule has 0 N–H and O–H groups in total. The van der Waals surface area contributed by atoms with Crippen molar-refractivity contribution in [1.82, 2.24) is 0 Å². The summed E-state index contributed by atoms with van der Waals surface area (Å²) in [4.78, 5) is 11.2. The van der Waals surface area contributed by atoms with Gasteiger partial charge in [0.1, 0.15) is 11.5 Å². The zero-order chi connectivity index (χ0) is 10.7. The van der Waals surface area contributed by atoms with Crippen molar-refractivity contribution in [3.63, 3.8) is 0 Å². The molecule has 0 amide bonds. The summed E-state index contributed by atoms with van der Waals surface area (Å²) in [5.74, 6) is 0.969. The van der Waals surface area contributed by atoms with Crippen LogP contribution in [-0.4, -0.2) is 12.9 Å². The second-order valence-corrected chi connectivity index (χ2v) is 3.56. The zero-order valence-corrected chi connectivity index (χ0v) is 9.13. The molecule has 0 saturated heterocycles. The largest absolute Gasteiger partial charge is 0.496 e. The molecule has 0 aliphatic carbocycles. The minimum absolute atomic E-state index is 0.0514. The number of benzene rings is 1. The van der Waals surface area contributed by atoms with Crippen LogP contribution in [-0.2, 0) is 4.79 Å². The first-order chi connectivity index (χ1) is 6.56. The Bertz CT molecular complexity index is 342. The molecule has 0 fully saturated rings. The molecule has 0 spiro atoms. The topological polar surface area (TPSA) is 26.3 Å². The molecule has 1 rings (SSSR count). The highest BCUT2D eigenvalue weighted by Crippen LogP contribution is 2.24. The lowest BCUT2D eigenvalue weighted by Gasteiger charge is -2.11. The van der Waals surface area contributed by atoms with Crippen molar-refractivity contribution in [2.45, 2.75) is 26.7 Å². The SMILES string of the molecule is COc1cc([C@H](C)C(C)=O)ccc1C. The first-order valence-corrected chi connectivity index (χ1v) is 4.71. The number of Topliss-reactive ketones (excluding diaryl/α,β-unsaturated/α-hetero) is 1. The van der Waals surface area contributed by atoms with Crippen LogP contribution in [0.25, 0.3) is 0 Å². The van der Waals surface area contributed by atoms with Crippen LogP contribution >= 0.6 is 0 Å². The maximum absolute atomic E-state index is 11.2. The van der Waals surface area contributed by atoms with Crippen molar-refractivity contribution in [2.24, 2.45) is 0 Å². The molecule has 0 unspecified atom stereocenters. The summed E-state index contributed by atoms with van der Waals surface area (Å²) >= 11 is 0. The molecule has 76 valence electrons. The Kier molecular flexibility index (Phi) is 3.28. The van der Waals surface area contributed by atoms with Crippen molar-refractivity contribution in [3.8, 4) is 5.75 Å². The van der Waals surface area contributed by atoms with Crippen molar-refractivity contribution in [1.29, 1.82) is 0 Å². The van der Waals surface area contributed by atoms with Crippen LogP contribution in [0.4, 0.5) is 0 Å². The number of methoxy groups -OCH3 is 1. The van der Waals surface area contributed by atoms with Gasteiger partial charge in [0.05, 0.1) is 7.11 Å². The molecular formula is C12H16O2. The third-order valence-electron chi connectivity index (χ3n) is 2.54. The van der Waals surface area contributed by atoms with Gasteiger partial charge in [-0.2, -0.15) is 0 Å². The number of ether oxygens (including phenoxy) is 1. The van der Waals surface area contributed by atoms with E-state index in [9.17, 15) is 4.79 Å². The van der Waals surface area contributed by atoms with Crippen molar-refractivity contribution >= 4 is 5.78 Å². The Balaban J connectivity index is 3.06. The van der Waals surface area contributed by atoms with E-state index < -0.39 is 0 Å². The fourth-order valence-corrected chi connectivity index (χ4v) is 1.34. The smallest absolute Gasteiger partial charge is 0.136 e. The van der Waals surface area contributed by atoms with Gasteiger partial charge in [0.2, 0.25) is 0 Å². The van der Waals surface area contributed by atoms with Gasteiger partial charge in [-0.1, -0.05) is 19.1 Å². The van der Waals surface area contributed by atoms with Crippen LogP contribution < -0.4 is 4.74 Å². The van der Waals surface area contributed by atoms with Crippen LogP contribution in [0.3, 0.4) is 0 Å². The Morgan fingerprint density at radius 2 is 2.07 bits per heavy atom. The van der Waals surface area contributed by atoms with Gasteiger partial charge in [-0.25, -0.2) is 0 Å². The first-order valence-electron chi connectivity index (χ1n) is 4.71. The lowest BCUT2D eigenvalue weighted by Crippen LogP contribution is -2.04. The summed E-state index contributed by atoms with van der Waals surface area (Å²) in [6.45, 7) is 5.50. The molecule has 2 heteroatoms. The number of carbonyl (C=O) groups is 1. The number of aryl methyl sites for hydroxylation is 1. The first kappa shape index (κ1) is 10.8. The predicted molar refractivity (Wildman–Crippen MR) is 56.8 cm³/mol. The van der Waals surface area contributed by atoms with E-state index in [1.165, 1.54) is 0 Å². The van der Waals surface area contributed by atoms with Gasteiger partial charge in [0.15, 0.2) is 0 Å². The molecule has 0 heterocycles. The van der Waals surface area contributed by atoms with E-state index in [2.05, 4.69) is 0 Å². The monoisotopic (exact) mass is 192 g/mol. The molecule has 1 atom stereocenters. The maximum atomic E-state index is 11.2. The average molecular weight is 192 g/mol. The van der Waals surface area contributed by atoms with E-state index in [1.807, 2.05) is 32.0 Å². The Morgan fingerprint density at radius 1 is 1.43 bits per heavy atom. The third-order valence-corrected chi connectivity index (χ3v) is 2.54. The Labute approximate surface area is 84.9 Å². The highest BCUT2D eigenvalue weighted by atomic mass is 16.5. The van der Waals surface area contributed by atoms with Crippen LogP contribution in [0.1, 0.15) is 30.9 Å². The minimum Gasteiger partial charge on any atom is -0.496 e. The fourth-order valence-electron chi connectivity index (χ4n) is 1.34. The number of hydrogen-bond acceptors (Lipinski definition) is 2.